The van der Waals surface area contributed by atoms with Crippen molar-refractivity contribution >= 4 is 19.3 Å². The van der Waals surface area contributed by atoms with Crippen molar-refractivity contribution in [3.8, 4) is 5.75 Å². The van der Waals surface area contributed by atoms with Gasteiger partial charge in [-0.2, -0.15) is 0 Å². The molecule has 2 rings (SSSR count). The lowest BCUT2D eigenvalue weighted by Gasteiger charge is -2.17. The summed E-state index contributed by atoms with van der Waals surface area (Å²) in [6.07, 6.45) is 1.83. The maximum atomic E-state index is 12.1. The molecular formula is C10H13ClNO3P. The quantitative estimate of drug-likeness (QED) is 0.831. The molecule has 4 nitrogen and oxygen atoms in total. The van der Waals surface area contributed by atoms with E-state index in [4.69, 9.17) is 20.6 Å². The molecule has 0 aromatic heterocycles. The Bertz CT molecular complexity index is 384. The third-order valence-electron chi connectivity index (χ3n) is 2.18. The predicted molar refractivity (Wildman–Crippen MR) is 62.9 cm³/mol. The molecule has 0 aliphatic carbocycles. The van der Waals surface area contributed by atoms with E-state index in [2.05, 4.69) is 5.09 Å². The third-order valence-corrected chi connectivity index (χ3v) is 4.01. The first-order chi connectivity index (χ1) is 7.68. The zero-order valence-corrected chi connectivity index (χ0v) is 10.3. The van der Waals surface area contributed by atoms with E-state index >= 15 is 0 Å². The Morgan fingerprint density at radius 1 is 1.31 bits per heavy atom. The standard InChI is InChI=1S/C10H13ClNO3P/c11-9-3-5-10(6-4-9)15-16(13)12-7-1-2-8-14-16/h3-6H,1-2,7-8H2,(H,12,13). The van der Waals surface area contributed by atoms with E-state index < -0.39 is 7.75 Å². The summed E-state index contributed by atoms with van der Waals surface area (Å²) < 4.78 is 22.7. The number of hydrogen-bond acceptors (Lipinski definition) is 3. The molecule has 6 heteroatoms. The zero-order valence-electron chi connectivity index (χ0n) is 8.69. The van der Waals surface area contributed by atoms with Crippen molar-refractivity contribution in [2.24, 2.45) is 0 Å². The summed E-state index contributed by atoms with van der Waals surface area (Å²) in [6, 6.07) is 6.69. The van der Waals surface area contributed by atoms with Crippen LogP contribution in [-0.2, 0) is 9.09 Å². The average Bonchev–Trinajstić information content (AvgIpc) is 2.47. The highest BCUT2D eigenvalue weighted by molar-refractivity contribution is 7.52. The second kappa shape index (κ2) is 5.19. The van der Waals surface area contributed by atoms with Crippen LogP contribution in [0.15, 0.2) is 24.3 Å². The SMILES string of the molecule is O=P1(Oc2ccc(Cl)cc2)NCCCCO1. The fraction of sp³-hybridized carbons (Fsp3) is 0.400. The highest BCUT2D eigenvalue weighted by atomic mass is 35.5. The van der Waals surface area contributed by atoms with Gasteiger partial charge in [0.05, 0.1) is 6.61 Å². The molecule has 0 bridgehead atoms. The highest BCUT2D eigenvalue weighted by Crippen LogP contribution is 2.45. The van der Waals surface area contributed by atoms with E-state index in [1.165, 1.54) is 0 Å². The molecule has 1 heterocycles. The van der Waals surface area contributed by atoms with E-state index in [1.54, 1.807) is 24.3 Å². The van der Waals surface area contributed by atoms with E-state index in [0.717, 1.165) is 12.8 Å². The van der Waals surface area contributed by atoms with Crippen molar-refractivity contribution < 1.29 is 13.6 Å². The molecule has 1 unspecified atom stereocenters. The Morgan fingerprint density at radius 3 is 2.81 bits per heavy atom. The number of benzene rings is 1. The molecule has 1 aromatic rings. The second-order valence-corrected chi connectivity index (χ2v) is 5.68. The molecule has 88 valence electrons. The fourth-order valence-electron chi connectivity index (χ4n) is 1.37. The Morgan fingerprint density at radius 2 is 2.06 bits per heavy atom. The van der Waals surface area contributed by atoms with Crippen molar-refractivity contribution in [2.45, 2.75) is 12.8 Å². The molecule has 1 atom stereocenters. The fourth-order valence-corrected chi connectivity index (χ4v) is 2.90. The van der Waals surface area contributed by atoms with Crippen LogP contribution in [0.1, 0.15) is 12.8 Å². The molecule has 0 spiro atoms. The molecular weight excluding hydrogens is 249 g/mol. The lowest BCUT2D eigenvalue weighted by Crippen LogP contribution is -2.14. The molecule has 16 heavy (non-hydrogen) atoms. The second-order valence-electron chi connectivity index (χ2n) is 3.49. The first kappa shape index (κ1) is 11.9. The Hall–Kier alpha value is -0.540. The van der Waals surface area contributed by atoms with Gasteiger partial charge in [-0.3, -0.25) is 4.52 Å². The number of hydrogen-bond donors (Lipinski definition) is 1. The molecule has 1 N–H and O–H groups in total. The van der Waals surface area contributed by atoms with Crippen molar-refractivity contribution in [1.29, 1.82) is 0 Å². The minimum Gasteiger partial charge on any atom is -0.413 e. The van der Waals surface area contributed by atoms with Crippen LogP contribution in [0, 0.1) is 0 Å². The van der Waals surface area contributed by atoms with Gasteiger partial charge in [0.1, 0.15) is 5.75 Å². The molecule has 0 saturated carbocycles. The molecule has 1 aliphatic rings. The first-order valence-corrected chi connectivity index (χ1v) is 7.05. The molecule has 0 amide bonds. The van der Waals surface area contributed by atoms with E-state index in [0.29, 0.717) is 23.9 Å². The topological polar surface area (TPSA) is 47.6 Å². The van der Waals surface area contributed by atoms with Gasteiger partial charge in [0.25, 0.3) is 0 Å². The van der Waals surface area contributed by atoms with Crippen molar-refractivity contribution in [3.05, 3.63) is 29.3 Å². The smallest absolute Gasteiger partial charge is 0.413 e. The van der Waals surface area contributed by atoms with Crippen molar-refractivity contribution in [1.82, 2.24) is 5.09 Å². The van der Waals surface area contributed by atoms with Gasteiger partial charge < -0.3 is 4.52 Å². The summed E-state index contributed by atoms with van der Waals surface area (Å²) >= 11 is 5.74. The van der Waals surface area contributed by atoms with Gasteiger partial charge in [0, 0.05) is 11.6 Å². The van der Waals surface area contributed by atoms with Gasteiger partial charge in [-0.05, 0) is 37.1 Å². The molecule has 0 radical (unpaired) electrons. The number of halogens is 1. The van der Waals surface area contributed by atoms with Crippen LogP contribution in [0.3, 0.4) is 0 Å². The molecule has 1 aromatic carbocycles. The van der Waals surface area contributed by atoms with Gasteiger partial charge >= 0.3 is 7.75 Å². The molecule has 1 fully saturated rings. The monoisotopic (exact) mass is 261 g/mol. The van der Waals surface area contributed by atoms with E-state index in [-0.39, 0.29) is 0 Å². The first-order valence-electron chi connectivity index (χ1n) is 5.13. The maximum Gasteiger partial charge on any atom is 0.458 e. The van der Waals surface area contributed by atoms with Crippen LogP contribution in [0.2, 0.25) is 5.02 Å². The van der Waals surface area contributed by atoms with Crippen molar-refractivity contribution in [2.75, 3.05) is 13.2 Å². The van der Waals surface area contributed by atoms with Gasteiger partial charge in [-0.1, -0.05) is 11.6 Å². The van der Waals surface area contributed by atoms with E-state index in [1.807, 2.05) is 0 Å². The summed E-state index contributed by atoms with van der Waals surface area (Å²) in [5, 5.41) is 3.41. The minimum absolute atomic E-state index is 0.456. The minimum atomic E-state index is -3.19. The van der Waals surface area contributed by atoms with Crippen LogP contribution in [-0.4, -0.2) is 13.2 Å². The van der Waals surface area contributed by atoms with Gasteiger partial charge in [0.15, 0.2) is 0 Å². The van der Waals surface area contributed by atoms with Crippen LogP contribution >= 0.6 is 19.3 Å². The van der Waals surface area contributed by atoms with Gasteiger partial charge in [-0.15, -0.1) is 0 Å². The number of rotatable bonds is 2. The Labute approximate surface area is 99.5 Å². The van der Waals surface area contributed by atoms with Gasteiger partial charge in [0.2, 0.25) is 0 Å². The van der Waals surface area contributed by atoms with Crippen LogP contribution in [0.4, 0.5) is 0 Å². The Kier molecular flexibility index (Phi) is 3.87. The Balaban J connectivity index is 2.07. The highest BCUT2D eigenvalue weighted by Gasteiger charge is 2.27. The lowest BCUT2D eigenvalue weighted by molar-refractivity contribution is 0.264. The van der Waals surface area contributed by atoms with Crippen molar-refractivity contribution in [3.63, 3.8) is 0 Å². The summed E-state index contributed by atoms with van der Waals surface area (Å²) in [4.78, 5) is 0. The van der Waals surface area contributed by atoms with Gasteiger partial charge in [-0.25, -0.2) is 9.65 Å². The number of nitrogens with one attached hydrogen (secondary N) is 1. The normalized spacial score (nSPS) is 26.1. The largest absolute Gasteiger partial charge is 0.458 e. The summed E-state index contributed by atoms with van der Waals surface area (Å²) in [6.45, 7) is 1.10. The zero-order chi connectivity index (χ0) is 11.4. The summed E-state index contributed by atoms with van der Waals surface area (Å²) in [5.74, 6) is 0.488. The average molecular weight is 262 g/mol. The van der Waals surface area contributed by atoms with E-state index in [9.17, 15) is 4.57 Å². The molecule has 1 aliphatic heterocycles. The lowest BCUT2D eigenvalue weighted by atomic mass is 10.3. The third kappa shape index (κ3) is 3.22. The van der Waals surface area contributed by atoms with Crippen LogP contribution in [0.25, 0.3) is 0 Å². The molecule has 1 saturated heterocycles. The maximum absolute atomic E-state index is 12.1. The van der Waals surface area contributed by atoms with Crippen LogP contribution < -0.4 is 9.61 Å². The predicted octanol–water partition coefficient (Wildman–Crippen LogP) is 3.23. The van der Waals surface area contributed by atoms with Crippen LogP contribution in [0.5, 0.6) is 5.75 Å². The summed E-state index contributed by atoms with van der Waals surface area (Å²) in [7, 11) is -3.19. The summed E-state index contributed by atoms with van der Waals surface area (Å²) in [5.41, 5.74) is 0.